The molecule has 0 heterocycles. The molecule has 2 rings (SSSR count). The van der Waals surface area contributed by atoms with Crippen LogP contribution in [-0.4, -0.2) is 0 Å². The second-order valence-electron chi connectivity index (χ2n) is 4.37. The van der Waals surface area contributed by atoms with Crippen LogP contribution in [0.2, 0.25) is 5.02 Å². The number of hydrogen-bond acceptors (Lipinski definition) is 1. The lowest BCUT2D eigenvalue weighted by atomic mass is 10.1. The minimum Gasteiger partial charge on any atom is -0.377 e. The van der Waals surface area contributed by atoms with Crippen LogP contribution >= 0.6 is 27.5 Å². The van der Waals surface area contributed by atoms with Gasteiger partial charge in [-0.25, -0.2) is 0 Å². The Morgan fingerprint density at radius 1 is 1.17 bits per heavy atom. The summed E-state index contributed by atoms with van der Waals surface area (Å²) < 4.78 is 1.11. The summed E-state index contributed by atoms with van der Waals surface area (Å²) in [5, 5.41) is 4.20. The number of hydrogen-bond donors (Lipinski definition) is 1. The van der Waals surface area contributed by atoms with E-state index < -0.39 is 0 Å². The van der Waals surface area contributed by atoms with Crippen molar-refractivity contribution in [2.75, 3.05) is 5.32 Å². The lowest BCUT2D eigenvalue weighted by Crippen LogP contribution is -2.07. The molecule has 1 unspecified atom stereocenters. The highest BCUT2D eigenvalue weighted by Crippen LogP contribution is 2.29. The maximum absolute atomic E-state index is 6.19. The average Bonchev–Trinajstić information content (AvgIpc) is 2.34. The predicted octanol–water partition coefficient (Wildman–Crippen LogP) is 5.58. The molecular weight excluding hydrogens is 310 g/mol. The van der Waals surface area contributed by atoms with E-state index in [0.29, 0.717) is 0 Å². The molecule has 0 saturated heterocycles. The Balaban J connectivity index is 2.24. The van der Waals surface area contributed by atoms with Gasteiger partial charge in [-0.15, -0.1) is 0 Å². The van der Waals surface area contributed by atoms with Crippen molar-refractivity contribution in [1.82, 2.24) is 0 Å². The maximum Gasteiger partial charge on any atom is 0.0637 e. The smallest absolute Gasteiger partial charge is 0.0637 e. The van der Waals surface area contributed by atoms with E-state index in [2.05, 4.69) is 47.2 Å². The van der Waals surface area contributed by atoms with Crippen LogP contribution in [0.3, 0.4) is 0 Å². The molecule has 0 bridgehead atoms. The van der Waals surface area contributed by atoms with Crippen LogP contribution < -0.4 is 5.32 Å². The molecular formula is C15H15BrClN. The molecule has 0 aliphatic rings. The number of halogens is 2. The Labute approximate surface area is 121 Å². The van der Waals surface area contributed by atoms with Gasteiger partial charge in [-0.2, -0.15) is 0 Å². The number of nitrogens with one attached hydrogen (secondary N) is 1. The molecule has 1 atom stereocenters. The Bertz CT molecular complexity index is 554. The molecule has 0 aromatic heterocycles. The second-order valence-corrected chi connectivity index (χ2v) is 5.63. The number of rotatable bonds is 3. The van der Waals surface area contributed by atoms with Crippen LogP contribution in [0.5, 0.6) is 0 Å². The molecule has 3 heteroatoms. The van der Waals surface area contributed by atoms with Crippen molar-refractivity contribution in [1.29, 1.82) is 0 Å². The largest absolute Gasteiger partial charge is 0.377 e. The third-order valence-corrected chi connectivity index (χ3v) is 3.92. The third kappa shape index (κ3) is 3.06. The van der Waals surface area contributed by atoms with Crippen molar-refractivity contribution in [3.8, 4) is 0 Å². The van der Waals surface area contributed by atoms with Gasteiger partial charge in [0.2, 0.25) is 0 Å². The van der Waals surface area contributed by atoms with E-state index >= 15 is 0 Å². The molecule has 1 nitrogen and oxygen atoms in total. The Kier molecular flexibility index (Phi) is 4.31. The minimum absolute atomic E-state index is 0.194. The summed E-state index contributed by atoms with van der Waals surface area (Å²) in [6.07, 6.45) is 0. The van der Waals surface area contributed by atoms with Gasteiger partial charge in [0.15, 0.2) is 0 Å². The first-order valence-corrected chi connectivity index (χ1v) is 7.02. The fourth-order valence-electron chi connectivity index (χ4n) is 1.89. The van der Waals surface area contributed by atoms with Gasteiger partial charge >= 0.3 is 0 Å². The highest BCUT2D eigenvalue weighted by molar-refractivity contribution is 9.10. The van der Waals surface area contributed by atoms with E-state index in [1.54, 1.807) is 0 Å². The third-order valence-electron chi connectivity index (χ3n) is 2.87. The van der Waals surface area contributed by atoms with Gasteiger partial charge in [-0.05, 0) is 43.2 Å². The van der Waals surface area contributed by atoms with Gasteiger partial charge in [0.1, 0.15) is 0 Å². The van der Waals surface area contributed by atoms with Crippen LogP contribution in [0.1, 0.15) is 24.1 Å². The summed E-state index contributed by atoms with van der Waals surface area (Å²) in [6.45, 7) is 4.18. The Hall–Kier alpha value is -0.990. The van der Waals surface area contributed by atoms with E-state index in [1.807, 2.05) is 30.3 Å². The zero-order valence-corrected chi connectivity index (χ0v) is 12.7. The van der Waals surface area contributed by atoms with E-state index in [-0.39, 0.29) is 6.04 Å². The van der Waals surface area contributed by atoms with Gasteiger partial charge in [-0.3, -0.25) is 0 Å². The fourth-order valence-corrected chi connectivity index (χ4v) is 2.69. The van der Waals surface area contributed by atoms with E-state index in [1.165, 1.54) is 11.1 Å². The summed E-state index contributed by atoms with van der Waals surface area (Å²) in [7, 11) is 0. The van der Waals surface area contributed by atoms with Gasteiger partial charge in [0.25, 0.3) is 0 Å². The van der Waals surface area contributed by atoms with Crippen LogP contribution in [0.15, 0.2) is 46.9 Å². The van der Waals surface area contributed by atoms with Crippen molar-refractivity contribution < 1.29 is 0 Å². The van der Waals surface area contributed by atoms with E-state index in [0.717, 1.165) is 15.2 Å². The molecule has 0 amide bonds. The first-order chi connectivity index (χ1) is 8.58. The molecule has 2 aromatic carbocycles. The zero-order chi connectivity index (χ0) is 13.1. The molecule has 2 aromatic rings. The lowest BCUT2D eigenvalue weighted by molar-refractivity contribution is 0.878. The summed E-state index contributed by atoms with van der Waals surface area (Å²) in [5.74, 6) is 0. The SMILES string of the molecule is Cc1ccc(Cl)c(NC(C)c2ccccc2Br)c1. The molecule has 0 aliphatic heterocycles. The summed E-state index contributed by atoms with van der Waals surface area (Å²) in [6, 6.07) is 14.4. The normalized spacial score (nSPS) is 12.2. The van der Waals surface area contributed by atoms with Crippen LogP contribution in [0.4, 0.5) is 5.69 Å². The summed E-state index contributed by atoms with van der Waals surface area (Å²) >= 11 is 9.76. The van der Waals surface area contributed by atoms with Crippen molar-refractivity contribution in [3.63, 3.8) is 0 Å². The van der Waals surface area contributed by atoms with Gasteiger partial charge < -0.3 is 5.32 Å². The van der Waals surface area contributed by atoms with Crippen LogP contribution in [0.25, 0.3) is 0 Å². The van der Waals surface area contributed by atoms with Gasteiger partial charge in [0, 0.05) is 10.5 Å². The fraction of sp³-hybridized carbons (Fsp3) is 0.200. The van der Waals surface area contributed by atoms with E-state index in [9.17, 15) is 0 Å². The predicted molar refractivity (Wildman–Crippen MR) is 82.4 cm³/mol. The Morgan fingerprint density at radius 2 is 1.89 bits per heavy atom. The molecule has 1 N–H and O–H groups in total. The van der Waals surface area contributed by atoms with Crippen molar-refractivity contribution in [2.24, 2.45) is 0 Å². The highest BCUT2D eigenvalue weighted by atomic mass is 79.9. The number of benzene rings is 2. The first kappa shape index (κ1) is 13.4. The van der Waals surface area contributed by atoms with Crippen LogP contribution in [0, 0.1) is 6.92 Å². The zero-order valence-electron chi connectivity index (χ0n) is 10.4. The molecule has 0 radical (unpaired) electrons. The monoisotopic (exact) mass is 323 g/mol. The van der Waals surface area contributed by atoms with Crippen molar-refractivity contribution in [3.05, 3.63) is 63.1 Å². The second kappa shape index (κ2) is 5.77. The summed E-state index contributed by atoms with van der Waals surface area (Å²) in [4.78, 5) is 0. The Morgan fingerprint density at radius 3 is 2.61 bits per heavy atom. The van der Waals surface area contributed by atoms with E-state index in [4.69, 9.17) is 11.6 Å². The van der Waals surface area contributed by atoms with Crippen LogP contribution in [-0.2, 0) is 0 Å². The average molecular weight is 325 g/mol. The van der Waals surface area contributed by atoms with Crippen molar-refractivity contribution >= 4 is 33.2 Å². The molecule has 94 valence electrons. The topological polar surface area (TPSA) is 12.0 Å². The molecule has 0 spiro atoms. The molecule has 0 aliphatic carbocycles. The summed E-state index contributed by atoms with van der Waals surface area (Å²) in [5.41, 5.74) is 3.39. The van der Waals surface area contributed by atoms with Gasteiger partial charge in [0.05, 0.1) is 10.7 Å². The lowest BCUT2D eigenvalue weighted by Gasteiger charge is -2.18. The quantitative estimate of drug-likeness (QED) is 0.776. The highest BCUT2D eigenvalue weighted by Gasteiger charge is 2.10. The first-order valence-electron chi connectivity index (χ1n) is 5.85. The number of anilines is 1. The van der Waals surface area contributed by atoms with Crippen molar-refractivity contribution in [2.45, 2.75) is 19.9 Å². The minimum atomic E-state index is 0.194. The maximum atomic E-state index is 6.19. The number of aryl methyl sites for hydroxylation is 1. The standard InChI is InChI=1S/C15H15BrClN/c1-10-7-8-14(17)15(9-10)18-11(2)12-5-3-4-6-13(12)16/h3-9,11,18H,1-2H3. The molecule has 0 saturated carbocycles. The molecule has 18 heavy (non-hydrogen) atoms. The molecule has 0 fully saturated rings. The van der Waals surface area contributed by atoms with Gasteiger partial charge in [-0.1, -0.05) is 51.8 Å².